The van der Waals surface area contributed by atoms with E-state index in [1.807, 2.05) is 41.3 Å². The van der Waals surface area contributed by atoms with Gasteiger partial charge in [-0.15, -0.1) is 0 Å². The molecule has 3 aromatic rings. The van der Waals surface area contributed by atoms with Gasteiger partial charge in [0.25, 0.3) is 0 Å². The van der Waals surface area contributed by atoms with Crippen molar-refractivity contribution >= 4 is 17.5 Å². The Morgan fingerprint density at radius 1 is 0.947 bits per heavy atom. The summed E-state index contributed by atoms with van der Waals surface area (Å²) in [7, 11) is 1.60. The number of hydrogen-bond acceptors (Lipinski definition) is 4. The van der Waals surface area contributed by atoms with Crippen LogP contribution in [0.4, 0.5) is 13.2 Å². The number of halogens is 4. The van der Waals surface area contributed by atoms with Gasteiger partial charge < -0.3 is 14.4 Å². The van der Waals surface area contributed by atoms with E-state index in [0.717, 1.165) is 29.0 Å². The molecule has 5 nitrogen and oxygen atoms in total. The van der Waals surface area contributed by atoms with Crippen molar-refractivity contribution < 1.29 is 27.4 Å². The summed E-state index contributed by atoms with van der Waals surface area (Å²) < 4.78 is 50.1. The molecule has 1 saturated heterocycles. The van der Waals surface area contributed by atoms with Gasteiger partial charge in [-0.2, -0.15) is 13.2 Å². The van der Waals surface area contributed by atoms with Crippen LogP contribution in [0.25, 0.3) is 0 Å². The number of benzene rings is 3. The smallest absolute Gasteiger partial charge is 0.416 e. The Bertz CT molecular complexity index is 1190. The first-order chi connectivity index (χ1) is 18.2. The third-order valence-corrected chi connectivity index (χ3v) is 6.86. The third-order valence-electron chi connectivity index (χ3n) is 6.61. The van der Waals surface area contributed by atoms with Gasteiger partial charge >= 0.3 is 6.18 Å². The summed E-state index contributed by atoms with van der Waals surface area (Å²) in [4.78, 5) is 17.0. The standard InChI is InChI=1S/C29H30ClF3N2O3/c1-37-26-4-2-3-22(17-26)18-28(36)35-15-13-34(14-16-35)19-27(23-7-11-25(30)12-8-23)38-20-21-5-9-24(10-6-21)29(31,32)33/h2-12,17,27H,13-16,18-20H2,1H3/t27-/m1/s1. The molecule has 0 saturated carbocycles. The average molecular weight is 547 g/mol. The summed E-state index contributed by atoms with van der Waals surface area (Å²) in [6, 6.07) is 19.9. The zero-order chi connectivity index (χ0) is 27.1. The fourth-order valence-corrected chi connectivity index (χ4v) is 4.53. The highest BCUT2D eigenvalue weighted by atomic mass is 35.5. The van der Waals surface area contributed by atoms with Crippen LogP contribution in [0.5, 0.6) is 5.75 Å². The minimum absolute atomic E-state index is 0.0747. The van der Waals surface area contributed by atoms with E-state index >= 15 is 0 Å². The number of ether oxygens (including phenoxy) is 2. The Balaban J connectivity index is 1.35. The number of alkyl halides is 3. The lowest BCUT2D eigenvalue weighted by Crippen LogP contribution is -2.50. The van der Waals surface area contributed by atoms with Crippen LogP contribution in [0, 0.1) is 0 Å². The number of carbonyl (C=O) groups excluding carboxylic acids is 1. The van der Waals surface area contributed by atoms with E-state index < -0.39 is 11.7 Å². The second-order valence-corrected chi connectivity index (χ2v) is 9.69. The molecule has 1 aliphatic heterocycles. The Kier molecular flexibility index (Phi) is 9.31. The van der Waals surface area contributed by atoms with Gasteiger partial charge in [0.1, 0.15) is 5.75 Å². The van der Waals surface area contributed by atoms with E-state index in [2.05, 4.69) is 4.90 Å². The molecule has 202 valence electrons. The molecule has 38 heavy (non-hydrogen) atoms. The first-order valence-electron chi connectivity index (χ1n) is 12.4. The minimum atomic E-state index is -4.37. The van der Waals surface area contributed by atoms with Crippen molar-refractivity contribution in [3.05, 3.63) is 100 Å². The summed E-state index contributed by atoms with van der Waals surface area (Å²) in [5.74, 6) is 0.801. The molecule has 3 aromatic carbocycles. The van der Waals surface area contributed by atoms with Gasteiger partial charge in [-0.05, 0) is 53.1 Å². The van der Waals surface area contributed by atoms with Crippen LogP contribution < -0.4 is 4.74 Å². The Morgan fingerprint density at radius 3 is 2.26 bits per heavy atom. The number of nitrogens with zero attached hydrogens (tertiary/aromatic N) is 2. The maximum Gasteiger partial charge on any atom is 0.416 e. The summed E-state index contributed by atoms with van der Waals surface area (Å²) >= 11 is 6.07. The molecular formula is C29H30ClF3N2O3. The monoisotopic (exact) mass is 546 g/mol. The van der Waals surface area contributed by atoms with Crippen LogP contribution in [-0.2, 0) is 28.7 Å². The van der Waals surface area contributed by atoms with Gasteiger partial charge in [-0.1, -0.05) is 48.0 Å². The van der Waals surface area contributed by atoms with Gasteiger partial charge in [0.15, 0.2) is 0 Å². The van der Waals surface area contributed by atoms with E-state index in [-0.39, 0.29) is 18.6 Å². The fourth-order valence-electron chi connectivity index (χ4n) is 4.40. The van der Waals surface area contributed by atoms with Gasteiger partial charge in [0.05, 0.1) is 31.8 Å². The zero-order valence-corrected chi connectivity index (χ0v) is 21.8. The van der Waals surface area contributed by atoms with Crippen molar-refractivity contribution in [1.82, 2.24) is 9.80 Å². The lowest BCUT2D eigenvalue weighted by Gasteiger charge is -2.36. The first kappa shape index (κ1) is 28.0. The van der Waals surface area contributed by atoms with Crippen LogP contribution in [0.2, 0.25) is 5.02 Å². The molecule has 1 heterocycles. The van der Waals surface area contributed by atoms with Crippen molar-refractivity contribution in [1.29, 1.82) is 0 Å². The highest BCUT2D eigenvalue weighted by Crippen LogP contribution is 2.30. The molecular weight excluding hydrogens is 517 g/mol. The third kappa shape index (κ3) is 7.72. The molecule has 0 N–H and O–H groups in total. The lowest BCUT2D eigenvalue weighted by atomic mass is 10.1. The minimum Gasteiger partial charge on any atom is -0.497 e. The fraction of sp³-hybridized carbons (Fsp3) is 0.345. The van der Waals surface area contributed by atoms with Gasteiger partial charge in [-0.3, -0.25) is 9.69 Å². The number of amides is 1. The SMILES string of the molecule is COc1cccc(CC(=O)N2CCN(C[C@@H](OCc3ccc(C(F)(F)F)cc3)c3ccc(Cl)cc3)CC2)c1. The normalized spacial score (nSPS) is 15.3. The lowest BCUT2D eigenvalue weighted by molar-refractivity contribution is -0.137. The van der Waals surface area contributed by atoms with Crippen molar-refractivity contribution in [3.63, 3.8) is 0 Å². The molecule has 1 atom stereocenters. The van der Waals surface area contributed by atoms with E-state index in [9.17, 15) is 18.0 Å². The summed E-state index contributed by atoms with van der Waals surface area (Å²) in [6.07, 6.45) is -4.36. The maximum atomic E-state index is 12.9. The largest absolute Gasteiger partial charge is 0.497 e. The highest BCUT2D eigenvalue weighted by Gasteiger charge is 2.30. The quantitative estimate of drug-likeness (QED) is 0.329. The molecule has 1 fully saturated rings. The average Bonchev–Trinajstić information content (AvgIpc) is 2.91. The van der Waals surface area contributed by atoms with Crippen LogP contribution in [0.3, 0.4) is 0 Å². The predicted molar refractivity (Wildman–Crippen MR) is 140 cm³/mol. The summed E-state index contributed by atoms with van der Waals surface area (Å²) in [5, 5.41) is 0.610. The molecule has 0 aromatic heterocycles. The van der Waals surface area contributed by atoms with Crippen molar-refractivity contribution in [2.24, 2.45) is 0 Å². The topological polar surface area (TPSA) is 42.0 Å². The van der Waals surface area contributed by atoms with Crippen molar-refractivity contribution in [3.8, 4) is 5.75 Å². The first-order valence-corrected chi connectivity index (χ1v) is 12.8. The van der Waals surface area contributed by atoms with Crippen LogP contribution in [0.15, 0.2) is 72.8 Å². The Morgan fingerprint density at radius 2 is 1.63 bits per heavy atom. The molecule has 0 spiro atoms. The number of methoxy groups -OCH3 is 1. The van der Waals surface area contributed by atoms with Crippen molar-refractivity contribution in [2.75, 3.05) is 39.8 Å². The zero-order valence-electron chi connectivity index (χ0n) is 21.1. The van der Waals surface area contributed by atoms with Crippen LogP contribution >= 0.6 is 11.6 Å². The molecule has 0 aliphatic carbocycles. The molecule has 0 bridgehead atoms. The number of hydrogen-bond donors (Lipinski definition) is 0. The summed E-state index contributed by atoms with van der Waals surface area (Å²) in [5.41, 5.74) is 1.81. The Hall–Kier alpha value is -3.07. The van der Waals surface area contributed by atoms with E-state index in [1.165, 1.54) is 12.1 Å². The summed E-state index contributed by atoms with van der Waals surface area (Å²) in [6.45, 7) is 3.35. The second kappa shape index (κ2) is 12.7. The molecule has 1 amide bonds. The molecule has 0 radical (unpaired) electrons. The van der Waals surface area contributed by atoms with Crippen molar-refractivity contribution in [2.45, 2.75) is 25.3 Å². The van der Waals surface area contributed by atoms with Crippen LogP contribution in [-0.4, -0.2) is 55.5 Å². The molecule has 1 aliphatic rings. The van der Waals surface area contributed by atoms with Crippen LogP contribution in [0.1, 0.15) is 28.4 Å². The van der Waals surface area contributed by atoms with Gasteiger partial charge in [0, 0.05) is 37.7 Å². The number of piperazine rings is 1. The molecule has 9 heteroatoms. The number of carbonyl (C=O) groups is 1. The van der Waals surface area contributed by atoms with E-state index in [4.69, 9.17) is 21.1 Å². The molecule has 0 unspecified atom stereocenters. The maximum absolute atomic E-state index is 12.9. The van der Waals surface area contributed by atoms with E-state index in [1.54, 1.807) is 19.2 Å². The van der Waals surface area contributed by atoms with Gasteiger partial charge in [-0.25, -0.2) is 0 Å². The van der Waals surface area contributed by atoms with E-state index in [0.29, 0.717) is 49.7 Å². The predicted octanol–water partition coefficient (Wildman–Crippen LogP) is 6.01. The number of rotatable bonds is 9. The molecule has 4 rings (SSSR count). The highest BCUT2D eigenvalue weighted by molar-refractivity contribution is 6.30. The Labute approximate surface area is 225 Å². The second-order valence-electron chi connectivity index (χ2n) is 9.26. The van der Waals surface area contributed by atoms with Gasteiger partial charge in [0.2, 0.25) is 5.91 Å².